The summed E-state index contributed by atoms with van der Waals surface area (Å²) in [5.41, 5.74) is -0.286. The first-order chi connectivity index (χ1) is 14.3. The number of anilines is 1. The molecule has 0 saturated heterocycles. The first-order valence-electron chi connectivity index (χ1n) is 9.07. The number of alkyl halides is 3. The predicted octanol–water partition coefficient (Wildman–Crippen LogP) is 5.87. The van der Waals surface area contributed by atoms with E-state index in [1.807, 2.05) is 41.8 Å². The van der Waals surface area contributed by atoms with Crippen LogP contribution < -0.4 is 5.32 Å². The zero-order valence-corrected chi connectivity index (χ0v) is 18.3. The van der Waals surface area contributed by atoms with Crippen molar-refractivity contribution in [3.63, 3.8) is 0 Å². The Balaban J connectivity index is 1.74. The van der Waals surface area contributed by atoms with Crippen LogP contribution in [0, 0.1) is 0 Å². The van der Waals surface area contributed by atoms with Crippen molar-refractivity contribution < 1.29 is 18.0 Å². The third-order valence-corrected chi connectivity index (χ3v) is 5.55. The van der Waals surface area contributed by atoms with Gasteiger partial charge < -0.3 is 9.88 Å². The Morgan fingerprint density at radius 2 is 1.90 bits per heavy atom. The van der Waals surface area contributed by atoms with Crippen LogP contribution in [0.15, 0.2) is 58.2 Å². The number of hydrogen-bond acceptors (Lipinski definition) is 4. The van der Waals surface area contributed by atoms with Crippen LogP contribution in [-0.4, -0.2) is 26.4 Å². The Labute approximate surface area is 184 Å². The lowest BCUT2D eigenvalue weighted by Gasteiger charge is -2.14. The Kier molecular flexibility index (Phi) is 7.19. The average molecular weight is 499 g/mol. The third kappa shape index (κ3) is 5.42. The van der Waals surface area contributed by atoms with Crippen LogP contribution in [0.1, 0.15) is 18.9 Å². The highest BCUT2D eigenvalue weighted by Crippen LogP contribution is 2.36. The lowest BCUT2D eigenvalue weighted by Crippen LogP contribution is -2.18. The van der Waals surface area contributed by atoms with Crippen molar-refractivity contribution in [3.05, 3.63) is 58.6 Å². The topological polar surface area (TPSA) is 59.8 Å². The number of amides is 1. The molecule has 0 atom stereocenters. The Morgan fingerprint density at radius 1 is 1.17 bits per heavy atom. The molecule has 0 saturated carbocycles. The molecule has 0 bridgehead atoms. The van der Waals surface area contributed by atoms with E-state index in [0.717, 1.165) is 29.8 Å². The summed E-state index contributed by atoms with van der Waals surface area (Å²) >= 11 is 4.16. The minimum Gasteiger partial charge on any atom is -0.325 e. The summed E-state index contributed by atoms with van der Waals surface area (Å²) in [6, 6.07) is 13.2. The van der Waals surface area contributed by atoms with Crippen molar-refractivity contribution in [3.8, 4) is 11.4 Å². The number of carbonyl (C=O) groups is 1. The molecule has 3 aromatic rings. The number of rotatable bonds is 7. The van der Waals surface area contributed by atoms with Crippen molar-refractivity contribution in [2.45, 2.75) is 31.2 Å². The molecule has 0 spiro atoms. The van der Waals surface area contributed by atoms with Crippen molar-refractivity contribution >= 4 is 39.3 Å². The maximum absolute atomic E-state index is 13.2. The maximum atomic E-state index is 13.2. The van der Waals surface area contributed by atoms with Crippen LogP contribution in [0.4, 0.5) is 18.9 Å². The van der Waals surface area contributed by atoms with E-state index in [2.05, 4.69) is 31.4 Å². The molecular formula is C20H18BrF3N4OS. The van der Waals surface area contributed by atoms with Crippen LogP contribution in [0.2, 0.25) is 0 Å². The number of nitrogens with zero attached hydrogens (tertiary/aromatic N) is 3. The summed E-state index contributed by atoms with van der Waals surface area (Å²) in [4.78, 5) is 12.3. The molecule has 0 aliphatic rings. The number of thioether (sulfide) groups is 1. The van der Waals surface area contributed by atoms with Gasteiger partial charge in [-0.2, -0.15) is 13.2 Å². The SMILES string of the molecule is CCCn1c(SCC(=O)Nc2ccc(Br)cc2C(F)(F)F)nnc1-c1ccccc1. The standard InChI is InChI=1S/C20H18BrF3N4OS/c1-2-10-28-18(13-6-4-3-5-7-13)26-27-19(28)30-12-17(29)25-16-9-8-14(21)11-15(16)20(22,23)24/h3-9,11H,2,10,12H2,1H3,(H,25,29). The van der Waals surface area contributed by atoms with Crippen molar-refractivity contribution in [1.82, 2.24) is 14.8 Å². The lowest BCUT2D eigenvalue weighted by atomic mass is 10.1. The van der Waals surface area contributed by atoms with Crippen LogP contribution in [0.3, 0.4) is 0 Å². The second-order valence-corrected chi connectivity index (χ2v) is 8.21. The van der Waals surface area contributed by atoms with Gasteiger partial charge in [-0.1, -0.05) is 64.9 Å². The first-order valence-corrected chi connectivity index (χ1v) is 10.9. The number of hydrogen-bond donors (Lipinski definition) is 1. The molecule has 0 unspecified atom stereocenters. The smallest absolute Gasteiger partial charge is 0.325 e. The number of aromatic nitrogens is 3. The van der Waals surface area contributed by atoms with Crippen LogP contribution in [0.5, 0.6) is 0 Å². The van der Waals surface area contributed by atoms with Crippen molar-refractivity contribution in [2.24, 2.45) is 0 Å². The molecule has 1 heterocycles. The Bertz CT molecular complexity index is 1020. The summed E-state index contributed by atoms with van der Waals surface area (Å²) in [6.45, 7) is 2.67. The van der Waals surface area contributed by atoms with Gasteiger partial charge in [0, 0.05) is 16.6 Å². The van der Waals surface area contributed by atoms with Gasteiger partial charge in [0.25, 0.3) is 0 Å². The Morgan fingerprint density at radius 3 is 2.57 bits per heavy atom. The second-order valence-electron chi connectivity index (χ2n) is 6.35. The predicted molar refractivity (Wildman–Crippen MR) is 114 cm³/mol. The van der Waals surface area contributed by atoms with Crippen LogP contribution in [-0.2, 0) is 17.5 Å². The molecule has 0 fully saturated rings. The molecule has 1 aromatic heterocycles. The number of nitrogens with one attached hydrogen (secondary N) is 1. The molecule has 0 aliphatic carbocycles. The fourth-order valence-electron chi connectivity index (χ4n) is 2.80. The highest BCUT2D eigenvalue weighted by molar-refractivity contribution is 9.10. The lowest BCUT2D eigenvalue weighted by molar-refractivity contribution is -0.137. The summed E-state index contributed by atoms with van der Waals surface area (Å²) < 4.78 is 41.9. The molecule has 2 aromatic carbocycles. The van der Waals surface area contributed by atoms with Crippen molar-refractivity contribution in [1.29, 1.82) is 0 Å². The minimum absolute atomic E-state index is 0.0933. The van der Waals surface area contributed by atoms with E-state index in [1.165, 1.54) is 12.1 Å². The van der Waals surface area contributed by atoms with Gasteiger partial charge in [0.15, 0.2) is 11.0 Å². The fraction of sp³-hybridized carbons (Fsp3) is 0.250. The largest absolute Gasteiger partial charge is 0.418 e. The van der Waals surface area contributed by atoms with E-state index in [4.69, 9.17) is 0 Å². The van der Waals surface area contributed by atoms with Gasteiger partial charge in [-0.05, 0) is 24.6 Å². The summed E-state index contributed by atoms with van der Waals surface area (Å²) in [6.07, 6.45) is -3.74. The molecule has 10 heteroatoms. The highest BCUT2D eigenvalue weighted by Gasteiger charge is 2.34. The molecule has 30 heavy (non-hydrogen) atoms. The summed E-state index contributed by atoms with van der Waals surface area (Å²) in [7, 11) is 0. The van der Waals surface area contributed by atoms with E-state index in [0.29, 0.717) is 17.5 Å². The van der Waals surface area contributed by atoms with Crippen molar-refractivity contribution in [2.75, 3.05) is 11.1 Å². The quantitative estimate of drug-likeness (QED) is 0.414. The van der Waals surface area contributed by atoms with E-state index in [1.54, 1.807) is 0 Å². The Hall–Kier alpha value is -2.33. The molecular weight excluding hydrogens is 481 g/mol. The molecule has 5 nitrogen and oxygen atoms in total. The molecule has 3 rings (SSSR count). The third-order valence-electron chi connectivity index (χ3n) is 4.09. The van der Waals surface area contributed by atoms with Crippen LogP contribution >= 0.6 is 27.7 Å². The minimum atomic E-state index is -4.58. The fourth-order valence-corrected chi connectivity index (χ4v) is 3.92. The molecule has 158 valence electrons. The summed E-state index contributed by atoms with van der Waals surface area (Å²) in [5.74, 6) is 0.0389. The number of carbonyl (C=O) groups excluding carboxylic acids is 1. The first kappa shape index (κ1) is 22.4. The normalized spacial score (nSPS) is 11.5. The zero-order chi connectivity index (χ0) is 21.7. The van der Waals surface area contributed by atoms with Gasteiger partial charge in [-0.15, -0.1) is 10.2 Å². The molecule has 0 radical (unpaired) electrons. The molecule has 1 amide bonds. The zero-order valence-electron chi connectivity index (χ0n) is 15.9. The van der Waals surface area contributed by atoms with E-state index in [9.17, 15) is 18.0 Å². The van der Waals surface area contributed by atoms with Gasteiger partial charge in [-0.25, -0.2) is 0 Å². The number of halogens is 4. The van der Waals surface area contributed by atoms with Gasteiger partial charge in [0.1, 0.15) is 0 Å². The molecule has 0 aliphatic heterocycles. The van der Waals surface area contributed by atoms with Gasteiger partial charge in [0.05, 0.1) is 17.0 Å². The van der Waals surface area contributed by atoms with Crippen LogP contribution in [0.25, 0.3) is 11.4 Å². The number of benzene rings is 2. The van der Waals surface area contributed by atoms with Gasteiger partial charge in [-0.3, -0.25) is 4.79 Å². The molecule has 1 N–H and O–H groups in total. The highest BCUT2D eigenvalue weighted by atomic mass is 79.9. The van der Waals surface area contributed by atoms with E-state index >= 15 is 0 Å². The maximum Gasteiger partial charge on any atom is 0.418 e. The second kappa shape index (κ2) is 9.65. The van der Waals surface area contributed by atoms with E-state index < -0.39 is 17.6 Å². The van der Waals surface area contributed by atoms with Gasteiger partial charge >= 0.3 is 6.18 Å². The monoisotopic (exact) mass is 498 g/mol. The van der Waals surface area contributed by atoms with Gasteiger partial charge in [0.2, 0.25) is 5.91 Å². The van der Waals surface area contributed by atoms with E-state index in [-0.39, 0.29) is 15.9 Å². The summed E-state index contributed by atoms with van der Waals surface area (Å²) in [5, 5.41) is 11.3. The average Bonchev–Trinajstić information content (AvgIpc) is 3.10.